The Bertz CT molecular complexity index is 1140. The van der Waals surface area contributed by atoms with Crippen molar-refractivity contribution < 1.29 is 17.6 Å². The molecule has 0 atom stereocenters. The molecule has 0 bridgehead atoms. The van der Waals surface area contributed by atoms with E-state index in [1.54, 1.807) is 29.6 Å². The summed E-state index contributed by atoms with van der Waals surface area (Å²) in [7, 11) is -3.59. The van der Waals surface area contributed by atoms with Gasteiger partial charge in [-0.15, -0.1) is 11.3 Å². The number of halogens is 1. The van der Waals surface area contributed by atoms with Crippen LogP contribution in [0.5, 0.6) is 0 Å². The van der Waals surface area contributed by atoms with E-state index in [1.165, 1.54) is 39.9 Å². The van der Waals surface area contributed by atoms with E-state index >= 15 is 0 Å². The maximum atomic E-state index is 13.1. The topological polar surface area (TPSA) is 79.4 Å². The molecule has 1 aliphatic heterocycles. The normalized spacial score (nSPS) is 14.8. The molecule has 0 saturated carbocycles. The van der Waals surface area contributed by atoms with Crippen LogP contribution in [0, 0.1) is 5.82 Å². The van der Waals surface area contributed by atoms with Crippen molar-refractivity contribution in [3.8, 4) is 11.3 Å². The van der Waals surface area contributed by atoms with Crippen molar-refractivity contribution in [2.24, 2.45) is 0 Å². The number of carbonyl (C=O) groups excluding carboxylic acids is 1. The van der Waals surface area contributed by atoms with E-state index in [4.69, 9.17) is 0 Å². The van der Waals surface area contributed by atoms with Crippen LogP contribution in [0.4, 0.5) is 9.52 Å². The van der Waals surface area contributed by atoms with Gasteiger partial charge < -0.3 is 0 Å². The summed E-state index contributed by atoms with van der Waals surface area (Å²) in [5.41, 5.74) is 1.60. The quantitative estimate of drug-likeness (QED) is 0.663. The molecule has 1 N–H and O–H groups in total. The number of aromatic nitrogens is 1. The second-order valence-corrected chi connectivity index (χ2v) is 9.43. The number of anilines is 1. The van der Waals surface area contributed by atoms with Crippen molar-refractivity contribution in [3.63, 3.8) is 0 Å². The van der Waals surface area contributed by atoms with Crippen LogP contribution in [-0.4, -0.2) is 36.7 Å². The molecule has 0 unspecified atom stereocenters. The number of thiazole rings is 1. The largest absolute Gasteiger partial charge is 0.298 e. The van der Waals surface area contributed by atoms with Gasteiger partial charge in [0, 0.05) is 29.6 Å². The molecule has 3 aromatic rings. The zero-order valence-corrected chi connectivity index (χ0v) is 17.0. The van der Waals surface area contributed by atoms with Gasteiger partial charge in [-0.25, -0.2) is 17.8 Å². The summed E-state index contributed by atoms with van der Waals surface area (Å²) in [5, 5.41) is 4.83. The number of carbonyl (C=O) groups is 1. The van der Waals surface area contributed by atoms with Crippen LogP contribution < -0.4 is 5.32 Å². The Kier molecular flexibility index (Phi) is 5.44. The standard InChI is InChI=1S/C20H18FN3O3S2/c21-16-8-6-14(7-9-16)18-13-28-20(22-18)23-19(25)15-4-3-5-17(12-15)29(26,27)24-10-1-2-11-24/h3-9,12-13H,1-2,10-11H2,(H,22,23,25). The molecule has 0 aliphatic carbocycles. The smallest absolute Gasteiger partial charge is 0.257 e. The van der Waals surface area contributed by atoms with Gasteiger partial charge in [0.05, 0.1) is 10.6 Å². The Hall–Kier alpha value is -2.62. The van der Waals surface area contributed by atoms with E-state index in [-0.39, 0.29) is 16.3 Å². The minimum absolute atomic E-state index is 0.109. The molecule has 1 aromatic heterocycles. The number of amides is 1. The lowest BCUT2D eigenvalue weighted by molar-refractivity contribution is 0.102. The van der Waals surface area contributed by atoms with E-state index in [0.29, 0.717) is 23.9 Å². The lowest BCUT2D eigenvalue weighted by atomic mass is 10.2. The van der Waals surface area contributed by atoms with Gasteiger partial charge in [0.1, 0.15) is 5.82 Å². The Balaban J connectivity index is 1.51. The highest BCUT2D eigenvalue weighted by Crippen LogP contribution is 2.26. The maximum Gasteiger partial charge on any atom is 0.257 e. The molecular formula is C20H18FN3O3S2. The summed E-state index contributed by atoms with van der Waals surface area (Å²) in [6.45, 7) is 1.01. The number of benzene rings is 2. The van der Waals surface area contributed by atoms with Gasteiger partial charge in [0.2, 0.25) is 10.0 Å². The Morgan fingerprint density at radius 1 is 1.10 bits per heavy atom. The second-order valence-electron chi connectivity index (χ2n) is 6.64. The lowest BCUT2D eigenvalue weighted by Gasteiger charge is -2.15. The minimum Gasteiger partial charge on any atom is -0.298 e. The molecule has 29 heavy (non-hydrogen) atoms. The summed E-state index contributed by atoms with van der Waals surface area (Å²) >= 11 is 1.24. The van der Waals surface area contributed by atoms with Crippen LogP contribution in [0.25, 0.3) is 11.3 Å². The third kappa shape index (κ3) is 4.21. The van der Waals surface area contributed by atoms with Crippen LogP contribution in [-0.2, 0) is 10.0 Å². The average molecular weight is 432 g/mol. The lowest BCUT2D eigenvalue weighted by Crippen LogP contribution is -2.28. The first-order chi connectivity index (χ1) is 13.9. The molecule has 150 valence electrons. The van der Waals surface area contributed by atoms with Gasteiger partial charge >= 0.3 is 0 Å². The van der Waals surface area contributed by atoms with Crippen molar-refractivity contribution in [3.05, 3.63) is 65.3 Å². The maximum absolute atomic E-state index is 13.1. The van der Waals surface area contributed by atoms with Crippen molar-refractivity contribution in [1.29, 1.82) is 0 Å². The van der Waals surface area contributed by atoms with E-state index < -0.39 is 15.9 Å². The first kappa shape index (κ1) is 19.7. The summed E-state index contributed by atoms with van der Waals surface area (Å²) in [6.07, 6.45) is 1.69. The summed E-state index contributed by atoms with van der Waals surface area (Å²) in [6, 6.07) is 11.9. The third-order valence-electron chi connectivity index (χ3n) is 4.66. The van der Waals surface area contributed by atoms with Gasteiger partial charge in [-0.3, -0.25) is 10.1 Å². The molecule has 0 spiro atoms. The molecule has 2 aromatic carbocycles. The van der Waals surface area contributed by atoms with Crippen LogP contribution in [0.3, 0.4) is 0 Å². The van der Waals surface area contributed by atoms with Crippen molar-refractivity contribution in [1.82, 2.24) is 9.29 Å². The first-order valence-electron chi connectivity index (χ1n) is 9.06. The van der Waals surface area contributed by atoms with Gasteiger partial charge in [-0.2, -0.15) is 4.31 Å². The zero-order valence-electron chi connectivity index (χ0n) is 15.3. The fourth-order valence-corrected chi connectivity index (χ4v) is 5.41. The predicted octanol–water partition coefficient (Wildman–Crippen LogP) is 3.99. The molecule has 2 heterocycles. The predicted molar refractivity (Wildman–Crippen MR) is 110 cm³/mol. The molecule has 0 radical (unpaired) electrons. The highest BCUT2D eigenvalue weighted by Gasteiger charge is 2.27. The van der Waals surface area contributed by atoms with E-state index in [2.05, 4.69) is 10.3 Å². The first-order valence-corrected chi connectivity index (χ1v) is 11.4. The highest BCUT2D eigenvalue weighted by atomic mass is 32.2. The van der Waals surface area contributed by atoms with Crippen molar-refractivity contribution in [2.45, 2.75) is 17.7 Å². The van der Waals surface area contributed by atoms with E-state index in [0.717, 1.165) is 18.4 Å². The number of nitrogens with zero attached hydrogens (tertiary/aromatic N) is 2. The number of rotatable bonds is 5. The van der Waals surface area contributed by atoms with Gasteiger partial charge in [0.25, 0.3) is 5.91 Å². The number of nitrogens with one attached hydrogen (secondary N) is 1. The molecule has 1 aliphatic rings. The number of sulfonamides is 1. The highest BCUT2D eigenvalue weighted by molar-refractivity contribution is 7.89. The summed E-state index contributed by atoms with van der Waals surface area (Å²) in [5.74, 6) is -0.773. The fraction of sp³-hybridized carbons (Fsp3) is 0.200. The van der Waals surface area contributed by atoms with Crippen LogP contribution in [0.1, 0.15) is 23.2 Å². The molecule has 6 nitrogen and oxygen atoms in total. The van der Waals surface area contributed by atoms with Crippen LogP contribution in [0.15, 0.2) is 58.8 Å². The van der Waals surface area contributed by atoms with Crippen molar-refractivity contribution >= 4 is 32.4 Å². The molecule has 4 rings (SSSR count). The van der Waals surface area contributed by atoms with Crippen LogP contribution >= 0.6 is 11.3 Å². The number of hydrogen-bond donors (Lipinski definition) is 1. The Morgan fingerprint density at radius 2 is 1.83 bits per heavy atom. The SMILES string of the molecule is O=C(Nc1nc(-c2ccc(F)cc2)cs1)c1cccc(S(=O)(=O)N2CCCC2)c1. The van der Waals surface area contributed by atoms with E-state index in [1.807, 2.05) is 0 Å². The number of hydrogen-bond acceptors (Lipinski definition) is 5. The summed E-state index contributed by atoms with van der Waals surface area (Å²) in [4.78, 5) is 17.1. The van der Waals surface area contributed by atoms with Gasteiger partial charge in [0.15, 0.2) is 5.13 Å². The molecule has 1 saturated heterocycles. The monoisotopic (exact) mass is 431 g/mol. The summed E-state index contributed by atoms with van der Waals surface area (Å²) < 4.78 is 39.9. The third-order valence-corrected chi connectivity index (χ3v) is 7.32. The Morgan fingerprint density at radius 3 is 2.55 bits per heavy atom. The molecular weight excluding hydrogens is 413 g/mol. The molecule has 1 fully saturated rings. The Labute approximate surface area is 172 Å². The molecule has 1 amide bonds. The van der Waals surface area contributed by atoms with Gasteiger partial charge in [-0.05, 0) is 55.3 Å². The van der Waals surface area contributed by atoms with Crippen LogP contribution in [0.2, 0.25) is 0 Å². The fourth-order valence-electron chi connectivity index (χ4n) is 3.13. The van der Waals surface area contributed by atoms with Gasteiger partial charge in [-0.1, -0.05) is 6.07 Å². The minimum atomic E-state index is -3.59. The molecule has 9 heteroatoms. The van der Waals surface area contributed by atoms with Crippen molar-refractivity contribution in [2.75, 3.05) is 18.4 Å². The van der Waals surface area contributed by atoms with E-state index in [9.17, 15) is 17.6 Å². The second kappa shape index (κ2) is 8.02. The average Bonchev–Trinajstić information content (AvgIpc) is 3.41. The zero-order chi connectivity index (χ0) is 20.4.